The Morgan fingerprint density at radius 1 is 1.14 bits per heavy atom. The van der Waals surface area contributed by atoms with Crippen LogP contribution < -0.4 is 10.2 Å². The van der Waals surface area contributed by atoms with E-state index in [-0.39, 0.29) is 11.4 Å². The van der Waals surface area contributed by atoms with Crippen LogP contribution >= 0.6 is 11.6 Å². The third-order valence-corrected chi connectivity index (χ3v) is 4.46. The first kappa shape index (κ1) is 14.8. The lowest BCUT2D eigenvalue weighted by Crippen LogP contribution is -2.26. The second-order valence-corrected chi connectivity index (χ2v) is 6.33. The van der Waals surface area contributed by atoms with Crippen LogP contribution in [-0.4, -0.2) is 45.8 Å². The molecule has 6 nitrogen and oxygen atoms in total. The van der Waals surface area contributed by atoms with Crippen LogP contribution in [0.2, 0.25) is 5.28 Å². The number of halogens is 1. The molecule has 2 aliphatic rings. The monoisotopic (exact) mass is 311 g/mol. The molecular formula is C14H22ClN5O. The van der Waals surface area contributed by atoms with E-state index in [9.17, 15) is 5.11 Å². The number of nitrogens with zero attached hydrogens (tertiary/aromatic N) is 4. The number of aliphatic hydroxyl groups is 1. The number of hydrogen-bond donors (Lipinski definition) is 2. The summed E-state index contributed by atoms with van der Waals surface area (Å²) in [6, 6.07) is 0. The summed E-state index contributed by atoms with van der Waals surface area (Å²) in [7, 11) is 0. The molecule has 1 aromatic rings. The number of hydrogen-bond acceptors (Lipinski definition) is 6. The molecule has 116 valence electrons. The van der Waals surface area contributed by atoms with Gasteiger partial charge in [0.2, 0.25) is 17.2 Å². The molecule has 1 saturated carbocycles. The Labute approximate surface area is 130 Å². The van der Waals surface area contributed by atoms with Crippen LogP contribution in [0.3, 0.4) is 0 Å². The summed E-state index contributed by atoms with van der Waals surface area (Å²) in [5, 5.41) is 13.2. The normalized spacial score (nSPS) is 26.1. The molecule has 1 aliphatic heterocycles. The van der Waals surface area contributed by atoms with E-state index in [1.807, 2.05) is 0 Å². The standard InChI is InChI=1S/C14H22ClN5O/c15-12-17-13(16-9-10-4-3-5-11(21)8-10)19-14(18-12)20-6-1-2-7-20/h10-11,21H,1-9H2,(H,16,17,18,19). The summed E-state index contributed by atoms with van der Waals surface area (Å²) in [6.45, 7) is 2.74. The minimum atomic E-state index is -0.160. The van der Waals surface area contributed by atoms with Gasteiger partial charge >= 0.3 is 0 Å². The summed E-state index contributed by atoms with van der Waals surface area (Å²) in [6.07, 6.45) is 6.19. The van der Waals surface area contributed by atoms with Crippen molar-refractivity contribution in [3.63, 3.8) is 0 Å². The van der Waals surface area contributed by atoms with Gasteiger partial charge in [-0.25, -0.2) is 0 Å². The summed E-state index contributed by atoms with van der Waals surface area (Å²) >= 11 is 6.00. The van der Waals surface area contributed by atoms with Gasteiger partial charge < -0.3 is 15.3 Å². The number of aliphatic hydroxyl groups excluding tert-OH is 1. The Morgan fingerprint density at radius 3 is 2.71 bits per heavy atom. The summed E-state index contributed by atoms with van der Waals surface area (Å²) < 4.78 is 0. The Kier molecular flexibility index (Phi) is 4.75. The van der Waals surface area contributed by atoms with Crippen molar-refractivity contribution in [2.75, 3.05) is 29.9 Å². The van der Waals surface area contributed by atoms with E-state index in [4.69, 9.17) is 11.6 Å². The van der Waals surface area contributed by atoms with Gasteiger partial charge in [0.1, 0.15) is 0 Å². The average molecular weight is 312 g/mol. The molecule has 2 fully saturated rings. The van der Waals surface area contributed by atoms with E-state index in [0.29, 0.717) is 17.8 Å². The van der Waals surface area contributed by atoms with Crippen molar-refractivity contribution >= 4 is 23.5 Å². The fourth-order valence-electron chi connectivity index (χ4n) is 3.16. The highest BCUT2D eigenvalue weighted by molar-refractivity contribution is 6.28. The lowest BCUT2D eigenvalue weighted by Gasteiger charge is -2.26. The zero-order valence-corrected chi connectivity index (χ0v) is 12.9. The van der Waals surface area contributed by atoms with Crippen molar-refractivity contribution in [1.29, 1.82) is 0 Å². The first-order chi connectivity index (χ1) is 10.2. The maximum atomic E-state index is 9.71. The Bertz CT molecular complexity index is 480. The fourth-order valence-corrected chi connectivity index (χ4v) is 3.32. The third-order valence-electron chi connectivity index (χ3n) is 4.29. The number of aromatic nitrogens is 3. The Morgan fingerprint density at radius 2 is 1.95 bits per heavy atom. The molecule has 1 aromatic heterocycles. The summed E-state index contributed by atoms with van der Waals surface area (Å²) in [4.78, 5) is 15.0. The van der Waals surface area contributed by atoms with E-state index in [0.717, 1.165) is 45.3 Å². The van der Waals surface area contributed by atoms with Crippen molar-refractivity contribution in [3.05, 3.63) is 5.28 Å². The minimum Gasteiger partial charge on any atom is -0.393 e. The van der Waals surface area contributed by atoms with Crippen molar-refractivity contribution in [1.82, 2.24) is 15.0 Å². The molecular weight excluding hydrogens is 290 g/mol. The predicted octanol–water partition coefficient (Wildman–Crippen LogP) is 2.09. The third kappa shape index (κ3) is 3.95. The molecule has 2 unspecified atom stereocenters. The highest BCUT2D eigenvalue weighted by atomic mass is 35.5. The fraction of sp³-hybridized carbons (Fsp3) is 0.786. The van der Waals surface area contributed by atoms with Gasteiger partial charge in [0.05, 0.1) is 6.10 Å². The lowest BCUT2D eigenvalue weighted by atomic mass is 9.87. The van der Waals surface area contributed by atoms with Gasteiger partial charge in [-0.3, -0.25) is 0 Å². The molecule has 3 rings (SSSR count). The van der Waals surface area contributed by atoms with Crippen molar-refractivity contribution < 1.29 is 5.11 Å². The molecule has 2 heterocycles. The topological polar surface area (TPSA) is 74.2 Å². The van der Waals surface area contributed by atoms with Gasteiger partial charge in [-0.05, 0) is 49.6 Å². The average Bonchev–Trinajstić information content (AvgIpc) is 2.99. The van der Waals surface area contributed by atoms with Crippen LogP contribution in [0, 0.1) is 5.92 Å². The van der Waals surface area contributed by atoms with Crippen LogP contribution in [0.5, 0.6) is 0 Å². The predicted molar refractivity (Wildman–Crippen MR) is 82.7 cm³/mol. The zero-order valence-electron chi connectivity index (χ0n) is 12.1. The number of rotatable bonds is 4. The highest BCUT2D eigenvalue weighted by Crippen LogP contribution is 2.25. The largest absolute Gasteiger partial charge is 0.393 e. The highest BCUT2D eigenvalue weighted by Gasteiger charge is 2.21. The van der Waals surface area contributed by atoms with Gasteiger partial charge in [0.25, 0.3) is 0 Å². The quantitative estimate of drug-likeness (QED) is 0.887. The van der Waals surface area contributed by atoms with Crippen LogP contribution in [0.15, 0.2) is 0 Å². The Balaban J connectivity index is 1.62. The van der Waals surface area contributed by atoms with E-state index in [1.165, 1.54) is 12.8 Å². The minimum absolute atomic E-state index is 0.160. The maximum Gasteiger partial charge on any atom is 0.231 e. The van der Waals surface area contributed by atoms with Crippen LogP contribution in [0.1, 0.15) is 38.5 Å². The maximum absolute atomic E-state index is 9.71. The van der Waals surface area contributed by atoms with Crippen molar-refractivity contribution in [2.45, 2.75) is 44.6 Å². The first-order valence-corrected chi connectivity index (χ1v) is 8.17. The molecule has 21 heavy (non-hydrogen) atoms. The van der Waals surface area contributed by atoms with E-state index in [1.54, 1.807) is 0 Å². The second kappa shape index (κ2) is 6.75. The lowest BCUT2D eigenvalue weighted by molar-refractivity contribution is 0.104. The van der Waals surface area contributed by atoms with Gasteiger partial charge in [-0.15, -0.1) is 0 Å². The number of nitrogens with one attached hydrogen (secondary N) is 1. The first-order valence-electron chi connectivity index (χ1n) is 7.79. The molecule has 0 spiro atoms. The SMILES string of the molecule is OC1CCCC(CNc2nc(Cl)nc(N3CCCC3)n2)C1. The molecule has 2 N–H and O–H groups in total. The van der Waals surface area contributed by atoms with E-state index >= 15 is 0 Å². The molecule has 0 amide bonds. The summed E-state index contributed by atoms with van der Waals surface area (Å²) in [5.74, 6) is 1.68. The molecule has 1 aliphatic carbocycles. The van der Waals surface area contributed by atoms with Crippen LogP contribution in [0.4, 0.5) is 11.9 Å². The molecule has 7 heteroatoms. The Hall–Kier alpha value is -1.14. The van der Waals surface area contributed by atoms with Crippen LogP contribution in [0.25, 0.3) is 0 Å². The van der Waals surface area contributed by atoms with E-state index < -0.39 is 0 Å². The molecule has 1 saturated heterocycles. The molecule has 0 aromatic carbocycles. The smallest absolute Gasteiger partial charge is 0.231 e. The number of anilines is 2. The zero-order chi connectivity index (χ0) is 14.7. The van der Waals surface area contributed by atoms with Gasteiger partial charge in [-0.1, -0.05) is 6.42 Å². The molecule has 0 radical (unpaired) electrons. The second-order valence-electron chi connectivity index (χ2n) is 5.99. The summed E-state index contributed by atoms with van der Waals surface area (Å²) in [5.41, 5.74) is 0. The van der Waals surface area contributed by atoms with Crippen molar-refractivity contribution in [2.24, 2.45) is 5.92 Å². The van der Waals surface area contributed by atoms with Crippen LogP contribution in [-0.2, 0) is 0 Å². The van der Waals surface area contributed by atoms with Gasteiger partial charge in [0.15, 0.2) is 0 Å². The van der Waals surface area contributed by atoms with Gasteiger partial charge in [-0.2, -0.15) is 15.0 Å². The molecule has 0 bridgehead atoms. The van der Waals surface area contributed by atoms with Crippen molar-refractivity contribution in [3.8, 4) is 0 Å². The van der Waals surface area contributed by atoms with Gasteiger partial charge in [0, 0.05) is 19.6 Å². The molecule has 2 atom stereocenters. The van der Waals surface area contributed by atoms with E-state index in [2.05, 4.69) is 25.2 Å².